The maximum atomic E-state index is 11.3. The number of carboxylic acids is 2. The van der Waals surface area contributed by atoms with Crippen LogP contribution in [0.25, 0.3) is 0 Å². The molecule has 4 rings (SSSR count). The highest BCUT2D eigenvalue weighted by Gasteiger charge is 2.48. The van der Waals surface area contributed by atoms with E-state index in [1.807, 2.05) is 0 Å². The molecule has 0 aliphatic carbocycles. The molecular formula is C20H32N2O6. The molecule has 4 fully saturated rings. The Morgan fingerprint density at radius 1 is 0.643 bits per heavy atom. The number of carboxylic acid groups (broad SMARTS) is 2. The summed E-state index contributed by atoms with van der Waals surface area (Å²) in [7, 11) is 0. The molecule has 0 amide bonds. The van der Waals surface area contributed by atoms with Crippen LogP contribution >= 0.6 is 0 Å². The first-order chi connectivity index (χ1) is 12.7. The van der Waals surface area contributed by atoms with Crippen molar-refractivity contribution in [2.75, 3.05) is 0 Å². The summed E-state index contributed by atoms with van der Waals surface area (Å²) in [5.41, 5.74) is 0.516. The second-order valence-electron chi connectivity index (χ2n) is 9.89. The first-order valence-electron chi connectivity index (χ1n) is 9.76. The first-order valence-corrected chi connectivity index (χ1v) is 9.76. The zero-order chi connectivity index (χ0) is 21.4. The topological polar surface area (TPSA) is 133 Å². The van der Waals surface area contributed by atoms with E-state index in [1.165, 1.54) is 0 Å². The van der Waals surface area contributed by atoms with Crippen LogP contribution < -0.4 is 10.6 Å². The lowest BCUT2D eigenvalue weighted by Gasteiger charge is -2.36. The Morgan fingerprint density at radius 3 is 1.04 bits per heavy atom. The Morgan fingerprint density at radius 2 is 0.857 bits per heavy atom. The molecule has 4 bridgehead atoms. The van der Waals surface area contributed by atoms with Crippen LogP contribution in [0.2, 0.25) is 0 Å². The van der Waals surface area contributed by atoms with Gasteiger partial charge < -0.3 is 20.8 Å². The number of ketones is 2. The number of piperidine rings is 2. The lowest BCUT2D eigenvalue weighted by Crippen LogP contribution is -2.53. The predicted octanol–water partition coefficient (Wildman–Crippen LogP) is 1.66. The van der Waals surface area contributed by atoms with Gasteiger partial charge in [-0.25, -0.2) is 9.59 Å². The summed E-state index contributed by atoms with van der Waals surface area (Å²) >= 11 is 0. The number of rotatable bonds is 0. The number of nitrogens with one attached hydrogen (secondary N) is 2. The second kappa shape index (κ2) is 7.55. The van der Waals surface area contributed by atoms with Crippen molar-refractivity contribution >= 4 is 23.5 Å². The molecule has 4 heterocycles. The Hall–Kier alpha value is -1.80. The highest BCUT2D eigenvalue weighted by Crippen LogP contribution is 2.40. The lowest BCUT2D eigenvalue weighted by atomic mass is 9.88. The molecule has 4 N–H and O–H groups in total. The zero-order valence-corrected chi connectivity index (χ0v) is 17.2. The van der Waals surface area contributed by atoms with Crippen LogP contribution in [-0.2, 0) is 19.2 Å². The normalized spacial score (nSPS) is 40.7. The molecule has 0 unspecified atom stereocenters. The van der Waals surface area contributed by atoms with Gasteiger partial charge in [-0.2, -0.15) is 0 Å². The van der Waals surface area contributed by atoms with Crippen LogP contribution in [0.4, 0.5) is 0 Å². The summed E-state index contributed by atoms with van der Waals surface area (Å²) in [6.07, 6.45) is 7.60. The first kappa shape index (κ1) is 22.5. The Labute approximate surface area is 165 Å². The SMILES string of the molecule is C[C@]12CC[C@](C)(CC(=O)C1)N2.C[C@]12CC[C@](C)(CC(=O)C1)N2.O=C(O)C(=O)O. The van der Waals surface area contributed by atoms with Gasteiger partial charge in [0.1, 0.15) is 11.6 Å². The van der Waals surface area contributed by atoms with Gasteiger partial charge in [-0.1, -0.05) is 0 Å². The number of hydrogen-bond donors (Lipinski definition) is 4. The molecule has 4 aliphatic rings. The highest BCUT2D eigenvalue weighted by molar-refractivity contribution is 6.27. The molecule has 8 nitrogen and oxygen atoms in total. The molecule has 8 heteroatoms. The van der Waals surface area contributed by atoms with Crippen molar-refractivity contribution in [2.24, 2.45) is 0 Å². The summed E-state index contributed by atoms with van der Waals surface area (Å²) in [5.74, 6) is -2.78. The van der Waals surface area contributed by atoms with Gasteiger partial charge in [0.2, 0.25) is 0 Å². The average Bonchev–Trinajstić information content (AvgIpc) is 2.87. The second-order valence-corrected chi connectivity index (χ2v) is 9.89. The van der Waals surface area contributed by atoms with Gasteiger partial charge in [0.15, 0.2) is 0 Å². The van der Waals surface area contributed by atoms with E-state index in [2.05, 4.69) is 38.3 Å². The minimum Gasteiger partial charge on any atom is -0.473 e. The van der Waals surface area contributed by atoms with Crippen molar-refractivity contribution in [3.63, 3.8) is 0 Å². The van der Waals surface area contributed by atoms with Gasteiger partial charge in [-0.3, -0.25) is 9.59 Å². The van der Waals surface area contributed by atoms with E-state index in [-0.39, 0.29) is 22.2 Å². The van der Waals surface area contributed by atoms with E-state index < -0.39 is 11.9 Å². The van der Waals surface area contributed by atoms with Crippen LogP contribution in [0.5, 0.6) is 0 Å². The van der Waals surface area contributed by atoms with Gasteiger partial charge in [0.05, 0.1) is 0 Å². The molecule has 0 radical (unpaired) electrons. The molecule has 0 aromatic rings. The van der Waals surface area contributed by atoms with Crippen molar-refractivity contribution in [3.05, 3.63) is 0 Å². The van der Waals surface area contributed by atoms with Crippen LogP contribution in [-0.4, -0.2) is 55.9 Å². The summed E-state index contributed by atoms with van der Waals surface area (Å²) in [6.45, 7) is 8.65. The number of Topliss-reactive ketones (excluding diaryl/α,β-unsaturated/α-hetero) is 2. The minimum absolute atomic E-state index is 0.129. The van der Waals surface area contributed by atoms with Crippen molar-refractivity contribution in [1.29, 1.82) is 0 Å². The van der Waals surface area contributed by atoms with Crippen LogP contribution in [0.1, 0.15) is 79.1 Å². The van der Waals surface area contributed by atoms with Crippen LogP contribution in [0.15, 0.2) is 0 Å². The van der Waals surface area contributed by atoms with E-state index in [1.54, 1.807) is 0 Å². The third-order valence-corrected chi connectivity index (χ3v) is 6.20. The maximum absolute atomic E-state index is 11.3. The minimum atomic E-state index is -1.82. The van der Waals surface area contributed by atoms with Crippen molar-refractivity contribution in [2.45, 2.75) is 101 Å². The fourth-order valence-electron chi connectivity index (χ4n) is 5.21. The smallest absolute Gasteiger partial charge is 0.414 e. The summed E-state index contributed by atoms with van der Waals surface area (Å²) in [5, 5.41) is 21.9. The molecular weight excluding hydrogens is 364 g/mol. The van der Waals surface area contributed by atoms with Gasteiger partial charge in [-0.05, 0) is 53.4 Å². The van der Waals surface area contributed by atoms with E-state index in [4.69, 9.17) is 19.8 Å². The molecule has 0 aromatic heterocycles. The molecule has 4 atom stereocenters. The van der Waals surface area contributed by atoms with Gasteiger partial charge in [-0.15, -0.1) is 0 Å². The maximum Gasteiger partial charge on any atom is 0.414 e. The number of carbonyl (C=O) groups is 4. The summed E-state index contributed by atoms with van der Waals surface area (Å²) in [6, 6.07) is 0. The molecule has 4 aliphatic heterocycles. The van der Waals surface area contributed by atoms with Crippen molar-refractivity contribution in [1.82, 2.24) is 10.6 Å². The van der Waals surface area contributed by atoms with Gasteiger partial charge >= 0.3 is 11.9 Å². The van der Waals surface area contributed by atoms with Crippen molar-refractivity contribution < 1.29 is 29.4 Å². The molecule has 28 heavy (non-hydrogen) atoms. The Kier molecular flexibility index (Phi) is 6.07. The quantitative estimate of drug-likeness (QED) is 0.454. The highest BCUT2D eigenvalue weighted by atomic mass is 16.4. The fraction of sp³-hybridized carbons (Fsp3) is 0.800. The number of hydrogen-bond acceptors (Lipinski definition) is 6. The van der Waals surface area contributed by atoms with Crippen LogP contribution in [0.3, 0.4) is 0 Å². The molecule has 0 saturated carbocycles. The number of fused-ring (bicyclic) bond motifs is 4. The number of carbonyl (C=O) groups excluding carboxylic acids is 2. The molecule has 0 spiro atoms. The molecule has 4 saturated heterocycles. The van der Waals surface area contributed by atoms with E-state index in [0.29, 0.717) is 11.6 Å². The van der Waals surface area contributed by atoms with E-state index in [9.17, 15) is 9.59 Å². The monoisotopic (exact) mass is 396 g/mol. The van der Waals surface area contributed by atoms with Gasteiger partial charge in [0.25, 0.3) is 0 Å². The van der Waals surface area contributed by atoms with E-state index in [0.717, 1.165) is 51.4 Å². The predicted molar refractivity (Wildman–Crippen MR) is 102 cm³/mol. The number of aliphatic carboxylic acids is 2. The third kappa shape index (κ3) is 5.61. The summed E-state index contributed by atoms with van der Waals surface area (Å²) < 4.78 is 0. The zero-order valence-electron chi connectivity index (χ0n) is 17.2. The Balaban J connectivity index is 0.000000158. The lowest BCUT2D eigenvalue weighted by molar-refractivity contribution is -0.159. The molecule has 0 aromatic carbocycles. The van der Waals surface area contributed by atoms with Gasteiger partial charge in [0, 0.05) is 47.8 Å². The summed E-state index contributed by atoms with van der Waals surface area (Å²) in [4.78, 5) is 40.8. The van der Waals surface area contributed by atoms with Crippen LogP contribution in [0, 0.1) is 0 Å². The van der Waals surface area contributed by atoms with E-state index >= 15 is 0 Å². The molecule has 158 valence electrons. The largest absolute Gasteiger partial charge is 0.473 e. The van der Waals surface area contributed by atoms with Crippen molar-refractivity contribution in [3.8, 4) is 0 Å². The Bertz CT molecular complexity index is 596. The third-order valence-electron chi connectivity index (χ3n) is 6.20. The average molecular weight is 396 g/mol. The fourth-order valence-corrected chi connectivity index (χ4v) is 5.21. The standard InChI is InChI=1S/2C9H15NO.C2H2O4/c2*1-8-3-4-9(2,10-8)6-7(11)5-8;3-1(4)2(5)6/h2*10H,3-6H2,1-2H3;(H,3,4)(H,5,6)/t2*8-,9+;.